The summed E-state index contributed by atoms with van der Waals surface area (Å²) in [5.74, 6) is -0.859. The molecule has 25 heavy (non-hydrogen) atoms. The van der Waals surface area contributed by atoms with Gasteiger partial charge in [0, 0.05) is 24.9 Å². The van der Waals surface area contributed by atoms with Gasteiger partial charge in [-0.15, -0.1) is 5.10 Å². The van der Waals surface area contributed by atoms with Crippen LogP contribution in [0.4, 0.5) is 8.78 Å². The standard InChI is InChI=1S/C16H15F2N5O2/c1-10-5-6-19-16(20-10)24-9-12-8-23(22-21-12)13-3-4-14(18)15(7-13)25-11(2)17/h3-8,11H,9H2,1-2H3. The monoisotopic (exact) mass is 347 g/mol. The lowest BCUT2D eigenvalue weighted by Crippen LogP contribution is -2.06. The molecule has 0 saturated heterocycles. The molecular weight excluding hydrogens is 332 g/mol. The third-order valence-corrected chi connectivity index (χ3v) is 3.13. The summed E-state index contributed by atoms with van der Waals surface area (Å²) >= 11 is 0. The highest BCUT2D eigenvalue weighted by Crippen LogP contribution is 2.22. The number of halogens is 2. The summed E-state index contributed by atoms with van der Waals surface area (Å²) < 4.78 is 38.2. The van der Waals surface area contributed by atoms with Gasteiger partial charge in [-0.25, -0.2) is 23.4 Å². The number of alkyl halides is 1. The maximum atomic E-state index is 13.6. The average molecular weight is 347 g/mol. The number of rotatable bonds is 6. The number of aromatic nitrogens is 5. The maximum absolute atomic E-state index is 13.6. The van der Waals surface area contributed by atoms with E-state index in [1.54, 1.807) is 18.5 Å². The average Bonchev–Trinajstić information content (AvgIpc) is 3.04. The Morgan fingerprint density at radius 1 is 1.28 bits per heavy atom. The first-order chi connectivity index (χ1) is 12.0. The van der Waals surface area contributed by atoms with E-state index < -0.39 is 12.2 Å². The molecule has 0 aliphatic heterocycles. The normalized spacial score (nSPS) is 12.0. The van der Waals surface area contributed by atoms with Gasteiger partial charge in [0.2, 0.25) is 6.36 Å². The van der Waals surface area contributed by atoms with E-state index in [-0.39, 0.29) is 18.4 Å². The van der Waals surface area contributed by atoms with Gasteiger partial charge in [0.05, 0.1) is 11.9 Å². The fraction of sp³-hybridized carbons (Fsp3) is 0.250. The van der Waals surface area contributed by atoms with Gasteiger partial charge in [-0.2, -0.15) is 0 Å². The van der Waals surface area contributed by atoms with Crippen LogP contribution >= 0.6 is 0 Å². The van der Waals surface area contributed by atoms with E-state index in [0.29, 0.717) is 11.4 Å². The molecule has 3 rings (SSSR count). The van der Waals surface area contributed by atoms with Crippen molar-refractivity contribution in [1.29, 1.82) is 0 Å². The number of hydrogen-bond acceptors (Lipinski definition) is 6. The molecule has 9 heteroatoms. The minimum atomic E-state index is -1.63. The quantitative estimate of drug-likeness (QED) is 0.683. The van der Waals surface area contributed by atoms with Crippen molar-refractivity contribution in [3.05, 3.63) is 53.9 Å². The van der Waals surface area contributed by atoms with Crippen molar-refractivity contribution < 1.29 is 18.3 Å². The summed E-state index contributed by atoms with van der Waals surface area (Å²) in [6.07, 6.45) is 1.57. The Hall–Kier alpha value is -3.10. The molecule has 130 valence electrons. The van der Waals surface area contributed by atoms with Gasteiger partial charge >= 0.3 is 6.01 Å². The minimum Gasteiger partial charge on any atom is -0.458 e. The lowest BCUT2D eigenvalue weighted by atomic mass is 10.3. The topological polar surface area (TPSA) is 75.0 Å². The predicted octanol–water partition coefficient (Wildman–Crippen LogP) is 2.78. The molecule has 0 fully saturated rings. The molecule has 7 nitrogen and oxygen atoms in total. The molecule has 3 aromatic rings. The SMILES string of the molecule is Cc1ccnc(OCc2cn(-c3ccc(F)c(OC(C)F)c3)nn2)n1. The summed E-state index contributed by atoms with van der Waals surface area (Å²) in [6, 6.07) is 5.99. The largest absolute Gasteiger partial charge is 0.458 e. The second-order valence-electron chi connectivity index (χ2n) is 5.20. The molecule has 0 radical (unpaired) electrons. The molecule has 0 amide bonds. The van der Waals surface area contributed by atoms with Crippen molar-refractivity contribution in [2.24, 2.45) is 0 Å². The third kappa shape index (κ3) is 4.25. The number of ether oxygens (including phenoxy) is 2. The van der Waals surface area contributed by atoms with Crippen LogP contribution in [0, 0.1) is 12.7 Å². The maximum Gasteiger partial charge on any atom is 0.316 e. The Labute approximate surface area is 142 Å². The second-order valence-corrected chi connectivity index (χ2v) is 5.20. The lowest BCUT2D eigenvalue weighted by Gasteiger charge is -2.09. The van der Waals surface area contributed by atoms with Gasteiger partial charge in [0.1, 0.15) is 12.3 Å². The fourth-order valence-electron chi connectivity index (χ4n) is 2.02. The van der Waals surface area contributed by atoms with E-state index in [1.165, 1.54) is 29.8 Å². The Morgan fingerprint density at radius 2 is 2.12 bits per heavy atom. The molecule has 1 atom stereocenters. The Kier molecular flexibility index (Phi) is 4.82. The zero-order valence-electron chi connectivity index (χ0n) is 13.6. The van der Waals surface area contributed by atoms with Crippen LogP contribution in [0.5, 0.6) is 11.8 Å². The van der Waals surface area contributed by atoms with Crippen LogP contribution in [-0.4, -0.2) is 31.3 Å². The highest BCUT2D eigenvalue weighted by atomic mass is 19.1. The summed E-state index contributed by atoms with van der Waals surface area (Å²) in [4.78, 5) is 8.11. The van der Waals surface area contributed by atoms with Crippen LogP contribution in [0.15, 0.2) is 36.7 Å². The van der Waals surface area contributed by atoms with Gasteiger partial charge in [-0.1, -0.05) is 5.21 Å². The molecule has 0 N–H and O–H groups in total. The Bertz CT molecular complexity index is 869. The molecule has 2 aromatic heterocycles. The number of nitrogens with zero attached hydrogens (tertiary/aromatic N) is 5. The Morgan fingerprint density at radius 3 is 2.88 bits per heavy atom. The molecule has 0 saturated carbocycles. The molecule has 0 aliphatic carbocycles. The first-order valence-corrected chi connectivity index (χ1v) is 7.45. The highest BCUT2D eigenvalue weighted by molar-refractivity contribution is 5.39. The number of hydrogen-bond donors (Lipinski definition) is 0. The highest BCUT2D eigenvalue weighted by Gasteiger charge is 2.11. The number of benzene rings is 1. The molecule has 0 spiro atoms. The van der Waals surface area contributed by atoms with Crippen molar-refractivity contribution >= 4 is 0 Å². The van der Waals surface area contributed by atoms with E-state index >= 15 is 0 Å². The summed E-state index contributed by atoms with van der Waals surface area (Å²) in [5, 5.41) is 7.91. The molecule has 0 bridgehead atoms. The zero-order chi connectivity index (χ0) is 17.8. The molecule has 0 aliphatic rings. The second kappa shape index (κ2) is 7.20. The Balaban J connectivity index is 1.73. The lowest BCUT2D eigenvalue weighted by molar-refractivity contribution is 0.0814. The van der Waals surface area contributed by atoms with Gasteiger partial charge < -0.3 is 9.47 Å². The molecule has 2 heterocycles. The van der Waals surface area contributed by atoms with Crippen molar-refractivity contribution in [2.45, 2.75) is 26.8 Å². The van der Waals surface area contributed by atoms with E-state index in [0.717, 1.165) is 5.69 Å². The number of aryl methyl sites for hydroxylation is 1. The van der Waals surface area contributed by atoms with Crippen LogP contribution in [-0.2, 0) is 6.61 Å². The van der Waals surface area contributed by atoms with E-state index in [4.69, 9.17) is 9.47 Å². The van der Waals surface area contributed by atoms with Crippen LogP contribution in [0.1, 0.15) is 18.3 Å². The van der Waals surface area contributed by atoms with Gasteiger partial charge in [-0.05, 0) is 25.1 Å². The van der Waals surface area contributed by atoms with Crippen LogP contribution in [0.2, 0.25) is 0 Å². The summed E-state index contributed by atoms with van der Waals surface area (Å²) in [7, 11) is 0. The molecule has 1 unspecified atom stereocenters. The first kappa shape index (κ1) is 16.7. The van der Waals surface area contributed by atoms with Gasteiger partial charge in [0.15, 0.2) is 11.6 Å². The minimum absolute atomic E-state index is 0.121. The summed E-state index contributed by atoms with van der Waals surface area (Å²) in [6.45, 7) is 3.12. The van der Waals surface area contributed by atoms with Crippen LogP contribution < -0.4 is 9.47 Å². The van der Waals surface area contributed by atoms with Crippen molar-refractivity contribution in [3.8, 4) is 17.4 Å². The van der Waals surface area contributed by atoms with Gasteiger partial charge in [0.25, 0.3) is 0 Å². The van der Waals surface area contributed by atoms with Crippen molar-refractivity contribution in [1.82, 2.24) is 25.0 Å². The molecular formula is C16H15F2N5O2. The van der Waals surface area contributed by atoms with E-state index in [9.17, 15) is 8.78 Å². The smallest absolute Gasteiger partial charge is 0.316 e. The fourth-order valence-corrected chi connectivity index (χ4v) is 2.02. The molecule has 1 aromatic carbocycles. The summed E-state index contributed by atoms with van der Waals surface area (Å²) in [5.41, 5.74) is 1.79. The van der Waals surface area contributed by atoms with Crippen molar-refractivity contribution in [2.75, 3.05) is 0 Å². The first-order valence-electron chi connectivity index (χ1n) is 7.45. The van der Waals surface area contributed by atoms with Crippen LogP contribution in [0.25, 0.3) is 5.69 Å². The van der Waals surface area contributed by atoms with Gasteiger partial charge in [-0.3, -0.25) is 0 Å². The predicted molar refractivity (Wildman–Crippen MR) is 83.6 cm³/mol. The van der Waals surface area contributed by atoms with E-state index in [2.05, 4.69) is 20.3 Å². The van der Waals surface area contributed by atoms with E-state index in [1.807, 2.05) is 6.92 Å². The van der Waals surface area contributed by atoms with Crippen LogP contribution in [0.3, 0.4) is 0 Å². The van der Waals surface area contributed by atoms with Crippen molar-refractivity contribution in [3.63, 3.8) is 0 Å². The third-order valence-electron chi connectivity index (χ3n) is 3.13. The zero-order valence-corrected chi connectivity index (χ0v) is 13.6.